The Morgan fingerprint density at radius 1 is 1.37 bits per heavy atom. The molecule has 2 N–H and O–H groups in total. The third-order valence-electron chi connectivity index (χ3n) is 4.52. The number of carbonyl (C=O) groups excluding carboxylic acids is 2. The van der Waals surface area contributed by atoms with Crippen molar-refractivity contribution in [3.05, 3.63) is 59.8 Å². The summed E-state index contributed by atoms with van der Waals surface area (Å²) >= 11 is 1.46. The first-order chi connectivity index (χ1) is 13.0. The third kappa shape index (κ3) is 5.60. The molecule has 3 atom stereocenters. The summed E-state index contributed by atoms with van der Waals surface area (Å²) < 4.78 is 18.3. The van der Waals surface area contributed by atoms with Crippen LogP contribution >= 0.6 is 11.8 Å². The Labute approximate surface area is 162 Å². The second kappa shape index (κ2) is 9.08. The molecule has 0 spiro atoms. The number of amides is 2. The van der Waals surface area contributed by atoms with Gasteiger partial charge in [0.1, 0.15) is 17.6 Å². The SMILES string of the molecule is CC(CCc1ccco1)NC(=O)C1CSC(Cc2ccc(F)cc2)C(=O)N1. The lowest BCUT2D eigenvalue weighted by atomic mass is 10.1. The molecule has 1 aliphatic rings. The van der Waals surface area contributed by atoms with Crippen LogP contribution in [0, 0.1) is 5.82 Å². The number of furan rings is 1. The van der Waals surface area contributed by atoms with Crippen LogP contribution in [0.2, 0.25) is 0 Å². The molecule has 27 heavy (non-hydrogen) atoms. The van der Waals surface area contributed by atoms with E-state index in [0.717, 1.165) is 24.2 Å². The van der Waals surface area contributed by atoms with Crippen molar-refractivity contribution in [2.24, 2.45) is 0 Å². The topological polar surface area (TPSA) is 71.3 Å². The van der Waals surface area contributed by atoms with Crippen molar-refractivity contribution in [2.45, 2.75) is 43.5 Å². The molecule has 0 bridgehead atoms. The quantitative estimate of drug-likeness (QED) is 0.763. The molecular formula is C20H23FN2O3S. The molecule has 5 nitrogen and oxygen atoms in total. The normalized spacial score (nSPS) is 20.7. The first-order valence-electron chi connectivity index (χ1n) is 9.00. The van der Waals surface area contributed by atoms with Gasteiger partial charge in [-0.25, -0.2) is 4.39 Å². The van der Waals surface area contributed by atoms with Crippen molar-refractivity contribution in [3.63, 3.8) is 0 Å². The fourth-order valence-electron chi connectivity index (χ4n) is 2.95. The molecule has 0 radical (unpaired) electrons. The zero-order valence-corrected chi connectivity index (χ0v) is 15.9. The monoisotopic (exact) mass is 390 g/mol. The van der Waals surface area contributed by atoms with E-state index in [1.54, 1.807) is 18.4 Å². The second-order valence-electron chi connectivity index (χ2n) is 6.74. The maximum absolute atomic E-state index is 13.0. The van der Waals surface area contributed by atoms with E-state index in [4.69, 9.17) is 4.42 Å². The third-order valence-corrected chi connectivity index (χ3v) is 5.83. The molecule has 2 heterocycles. The molecule has 0 aliphatic carbocycles. The minimum Gasteiger partial charge on any atom is -0.469 e. The first kappa shape index (κ1) is 19.5. The van der Waals surface area contributed by atoms with Gasteiger partial charge in [0.25, 0.3) is 0 Å². The maximum Gasteiger partial charge on any atom is 0.243 e. The lowest BCUT2D eigenvalue weighted by Gasteiger charge is -2.29. The summed E-state index contributed by atoms with van der Waals surface area (Å²) in [6.45, 7) is 1.94. The number of carbonyl (C=O) groups is 2. The van der Waals surface area contributed by atoms with Crippen LogP contribution in [0.5, 0.6) is 0 Å². The lowest BCUT2D eigenvalue weighted by molar-refractivity contribution is -0.129. The van der Waals surface area contributed by atoms with E-state index < -0.39 is 6.04 Å². The van der Waals surface area contributed by atoms with Crippen LogP contribution in [0.1, 0.15) is 24.7 Å². The molecule has 2 amide bonds. The van der Waals surface area contributed by atoms with Crippen LogP contribution in [0.4, 0.5) is 4.39 Å². The molecule has 2 aromatic rings. The van der Waals surface area contributed by atoms with Gasteiger partial charge in [0.05, 0.1) is 11.5 Å². The summed E-state index contributed by atoms with van der Waals surface area (Å²) in [6, 6.07) is 9.36. The number of benzene rings is 1. The van der Waals surface area contributed by atoms with Gasteiger partial charge >= 0.3 is 0 Å². The van der Waals surface area contributed by atoms with Crippen molar-refractivity contribution >= 4 is 23.6 Å². The number of rotatable bonds is 7. The summed E-state index contributed by atoms with van der Waals surface area (Å²) in [4.78, 5) is 24.8. The number of nitrogens with one attached hydrogen (secondary N) is 2. The van der Waals surface area contributed by atoms with Crippen molar-refractivity contribution in [1.82, 2.24) is 10.6 Å². The number of hydrogen-bond donors (Lipinski definition) is 2. The zero-order chi connectivity index (χ0) is 19.2. The highest BCUT2D eigenvalue weighted by Crippen LogP contribution is 2.22. The smallest absolute Gasteiger partial charge is 0.243 e. The number of halogens is 1. The Bertz CT molecular complexity index is 764. The Morgan fingerprint density at radius 3 is 2.81 bits per heavy atom. The minimum atomic E-state index is -0.530. The highest BCUT2D eigenvalue weighted by atomic mass is 32.2. The molecule has 1 fully saturated rings. The van der Waals surface area contributed by atoms with Crippen LogP contribution in [-0.2, 0) is 22.4 Å². The summed E-state index contributed by atoms with van der Waals surface area (Å²) in [7, 11) is 0. The van der Waals surface area contributed by atoms with Gasteiger partial charge < -0.3 is 15.1 Å². The van der Waals surface area contributed by atoms with Gasteiger partial charge in [-0.1, -0.05) is 12.1 Å². The number of hydrogen-bond acceptors (Lipinski definition) is 4. The van der Waals surface area contributed by atoms with Gasteiger partial charge in [0, 0.05) is 18.2 Å². The van der Waals surface area contributed by atoms with E-state index in [-0.39, 0.29) is 28.9 Å². The molecule has 7 heteroatoms. The van der Waals surface area contributed by atoms with E-state index in [1.165, 1.54) is 23.9 Å². The minimum absolute atomic E-state index is 0.0126. The predicted molar refractivity (Wildman–Crippen MR) is 103 cm³/mol. The summed E-state index contributed by atoms with van der Waals surface area (Å²) in [5.41, 5.74) is 0.901. The van der Waals surface area contributed by atoms with E-state index >= 15 is 0 Å². The van der Waals surface area contributed by atoms with Gasteiger partial charge in [-0.15, -0.1) is 11.8 Å². The van der Waals surface area contributed by atoms with Crippen LogP contribution < -0.4 is 10.6 Å². The fourth-order valence-corrected chi connectivity index (χ4v) is 4.14. The standard InChI is InChI=1S/C20H23FN2O3S/c1-13(4-9-16-3-2-10-26-16)22-19(24)17-12-27-18(20(25)23-17)11-14-5-7-15(21)8-6-14/h2-3,5-8,10,13,17-18H,4,9,11-12H2,1H3,(H,22,24)(H,23,25). The lowest BCUT2D eigenvalue weighted by Crippen LogP contribution is -2.55. The van der Waals surface area contributed by atoms with Crippen molar-refractivity contribution < 1.29 is 18.4 Å². The van der Waals surface area contributed by atoms with Crippen molar-refractivity contribution in [1.29, 1.82) is 0 Å². The Kier molecular flexibility index (Phi) is 6.55. The van der Waals surface area contributed by atoms with Crippen LogP contribution in [0.15, 0.2) is 47.1 Å². The first-order valence-corrected chi connectivity index (χ1v) is 10.1. The summed E-state index contributed by atoms with van der Waals surface area (Å²) in [6.07, 6.45) is 3.67. The van der Waals surface area contributed by atoms with Gasteiger partial charge in [0.2, 0.25) is 11.8 Å². The Morgan fingerprint density at radius 2 is 2.15 bits per heavy atom. The highest BCUT2D eigenvalue weighted by Gasteiger charge is 2.32. The van der Waals surface area contributed by atoms with Crippen LogP contribution in [0.25, 0.3) is 0 Å². The Balaban J connectivity index is 1.44. The number of aryl methyl sites for hydroxylation is 1. The fraction of sp³-hybridized carbons (Fsp3) is 0.400. The number of thioether (sulfide) groups is 1. The van der Waals surface area contributed by atoms with E-state index in [0.29, 0.717) is 12.2 Å². The largest absolute Gasteiger partial charge is 0.469 e. The zero-order valence-electron chi connectivity index (χ0n) is 15.1. The molecule has 3 unspecified atom stereocenters. The van der Waals surface area contributed by atoms with Crippen molar-refractivity contribution in [3.8, 4) is 0 Å². The van der Waals surface area contributed by atoms with Gasteiger partial charge in [-0.2, -0.15) is 0 Å². The molecular weight excluding hydrogens is 367 g/mol. The molecule has 1 saturated heterocycles. The van der Waals surface area contributed by atoms with Gasteiger partial charge in [-0.05, 0) is 49.6 Å². The van der Waals surface area contributed by atoms with Gasteiger partial charge in [0.15, 0.2) is 0 Å². The van der Waals surface area contributed by atoms with Gasteiger partial charge in [-0.3, -0.25) is 9.59 Å². The van der Waals surface area contributed by atoms with Crippen LogP contribution in [-0.4, -0.2) is 34.9 Å². The predicted octanol–water partition coefficient (Wildman–Crippen LogP) is 2.70. The van der Waals surface area contributed by atoms with Crippen molar-refractivity contribution in [2.75, 3.05) is 5.75 Å². The summed E-state index contributed by atoms with van der Waals surface area (Å²) in [5.74, 6) is 0.801. The molecule has 1 aromatic carbocycles. The summed E-state index contributed by atoms with van der Waals surface area (Å²) in [5, 5.41) is 5.49. The second-order valence-corrected chi connectivity index (χ2v) is 7.98. The highest BCUT2D eigenvalue weighted by molar-refractivity contribution is 8.00. The Hall–Kier alpha value is -2.28. The molecule has 3 rings (SSSR count). The molecule has 1 aliphatic heterocycles. The van der Waals surface area contributed by atoms with Crippen LogP contribution in [0.3, 0.4) is 0 Å². The average Bonchev–Trinajstić information content (AvgIpc) is 3.17. The average molecular weight is 390 g/mol. The van der Waals surface area contributed by atoms with E-state index in [1.807, 2.05) is 19.1 Å². The van der Waals surface area contributed by atoms with E-state index in [9.17, 15) is 14.0 Å². The molecule has 1 aromatic heterocycles. The maximum atomic E-state index is 13.0. The molecule has 0 saturated carbocycles. The molecule has 144 valence electrons. The van der Waals surface area contributed by atoms with E-state index in [2.05, 4.69) is 10.6 Å².